The van der Waals surface area contributed by atoms with Crippen LogP contribution in [0, 0.1) is 5.82 Å². The average Bonchev–Trinajstić information content (AvgIpc) is 3.37. The number of aromatic nitrogens is 4. The number of nitrogens with zero attached hydrogens (tertiary/aromatic N) is 4. The Kier molecular flexibility index (Phi) is 5.56. The first-order valence-electron chi connectivity index (χ1n) is 9.46. The molecule has 1 atom stereocenters. The summed E-state index contributed by atoms with van der Waals surface area (Å²) in [5.41, 5.74) is 1.06. The van der Waals surface area contributed by atoms with Gasteiger partial charge in [-0.3, -0.25) is 0 Å². The van der Waals surface area contributed by atoms with Crippen LogP contribution in [0.15, 0.2) is 41.8 Å². The van der Waals surface area contributed by atoms with E-state index in [1.54, 1.807) is 16.2 Å². The summed E-state index contributed by atoms with van der Waals surface area (Å²) in [5, 5.41) is 14.7. The predicted octanol–water partition coefficient (Wildman–Crippen LogP) is -0.185. The van der Waals surface area contributed by atoms with Crippen molar-refractivity contribution < 1.29 is 14.2 Å². The maximum absolute atomic E-state index is 13.5. The van der Waals surface area contributed by atoms with Gasteiger partial charge in [-0.25, -0.2) is 9.07 Å². The number of rotatable bonds is 6. The highest BCUT2D eigenvalue weighted by atomic mass is 32.1. The second-order valence-electron chi connectivity index (χ2n) is 7.02. The molecule has 142 valence electrons. The standard InChI is InChI=1S/C19H23FN6S/c1-2-24-9-11-25(12-10-24)18(15-5-7-16(20)8-6-15)19-21-22-23-26(19)14-17-4-3-13-27-17/h3-8,13,18H,2,9-12,14H2,1H3/p+2/t18-/m0/s1. The minimum Gasteiger partial charge on any atom is -0.326 e. The molecule has 27 heavy (non-hydrogen) atoms. The molecule has 2 N–H and O–H groups in total. The van der Waals surface area contributed by atoms with Crippen LogP contribution in [0.3, 0.4) is 0 Å². The van der Waals surface area contributed by atoms with Gasteiger partial charge in [0.15, 0.2) is 6.04 Å². The topological polar surface area (TPSA) is 52.5 Å². The molecule has 1 aromatic carbocycles. The van der Waals surface area contributed by atoms with Crippen molar-refractivity contribution in [2.75, 3.05) is 32.7 Å². The van der Waals surface area contributed by atoms with E-state index in [9.17, 15) is 4.39 Å². The number of benzene rings is 1. The number of tetrazole rings is 1. The molecule has 4 rings (SSSR count). The fourth-order valence-corrected chi connectivity index (χ4v) is 4.56. The third-order valence-corrected chi connectivity index (χ3v) is 6.28. The second kappa shape index (κ2) is 8.24. The molecule has 0 unspecified atom stereocenters. The molecule has 1 fully saturated rings. The molecule has 2 aromatic heterocycles. The van der Waals surface area contributed by atoms with E-state index in [2.05, 4.69) is 33.9 Å². The van der Waals surface area contributed by atoms with Gasteiger partial charge in [0.2, 0.25) is 5.82 Å². The summed E-state index contributed by atoms with van der Waals surface area (Å²) >= 11 is 1.70. The Morgan fingerprint density at radius 2 is 1.93 bits per heavy atom. The van der Waals surface area contributed by atoms with Crippen molar-refractivity contribution in [2.24, 2.45) is 0 Å². The molecule has 6 nitrogen and oxygen atoms in total. The highest BCUT2D eigenvalue weighted by Crippen LogP contribution is 2.19. The van der Waals surface area contributed by atoms with E-state index in [-0.39, 0.29) is 11.9 Å². The lowest BCUT2D eigenvalue weighted by Crippen LogP contribution is -3.28. The highest BCUT2D eigenvalue weighted by molar-refractivity contribution is 7.09. The molecule has 0 spiro atoms. The minimum atomic E-state index is -0.217. The summed E-state index contributed by atoms with van der Waals surface area (Å²) in [6, 6.07) is 11.0. The van der Waals surface area contributed by atoms with Crippen molar-refractivity contribution in [3.8, 4) is 0 Å². The van der Waals surface area contributed by atoms with Gasteiger partial charge in [0.1, 0.15) is 32.0 Å². The number of quaternary nitrogens is 2. The number of piperazine rings is 1. The molecule has 1 aliphatic rings. The van der Waals surface area contributed by atoms with Gasteiger partial charge in [0.25, 0.3) is 0 Å². The molecule has 8 heteroatoms. The summed E-state index contributed by atoms with van der Waals surface area (Å²) in [5.74, 6) is 0.635. The molecule has 0 bridgehead atoms. The molecule has 1 aliphatic heterocycles. The van der Waals surface area contributed by atoms with E-state index in [4.69, 9.17) is 0 Å². The zero-order valence-electron chi connectivity index (χ0n) is 15.4. The highest BCUT2D eigenvalue weighted by Gasteiger charge is 2.35. The molecule has 0 aliphatic carbocycles. The van der Waals surface area contributed by atoms with Gasteiger partial charge >= 0.3 is 0 Å². The summed E-state index contributed by atoms with van der Waals surface area (Å²) in [6.07, 6.45) is 0. The minimum absolute atomic E-state index is 0.0129. The monoisotopic (exact) mass is 388 g/mol. The Balaban J connectivity index is 1.66. The predicted molar refractivity (Wildman–Crippen MR) is 101 cm³/mol. The molecular weight excluding hydrogens is 363 g/mol. The van der Waals surface area contributed by atoms with Crippen molar-refractivity contribution in [2.45, 2.75) is 19.5 Å². The first-order valence-corrected chi connectivity index (χ1v) is 10.3. The number of likely N-dealkylation sites (N-methyl/N-ethyl adjacent to an activating group) is 1. The average molecular weight is 389 g/mol. The van der Waals surface area contributed by atoms with Crippen LogP contribution in [0.4, 0.5) is 4.39 Å². The fraction of sp³-hybridized carbons (Fsp3) is 0.421. The lowest BCUT2D eigenvalue weighted by atomic mass is 10.0. The number of halogens is 1. The van der Waals surface area contributed by atoms with Crippen LogP contribution >= 0.6 is 11.3 Å². The van der Waals surface area contributed by atoms with Gasteiger partial charge in [-0.2, -0.15) is 0 Å². The molecule has 3 heterocycles. The Bertz CT molecular complexity index is 839. The van der Waals surface area contributed by atoms with Gasteiger partial charge in [0, 0.05) is 10.4 Å². The van der Waals surface area contributed by atoms with Crippen molar-refractivity contribution in [1.29, 1.82) is 0 Å². The van der Waals surface area contributed by atoms with E-state index in [0.717, 1.165) is 44.1 Å². The van der Waals surface area contributed by atoms with E-state index >= 15 is 0 Å². The van der Waals surface area contributed by atoms with Crippen molar-refractivity contribution >= 4 is 11.3 Å². The summed E-state index contributed by atoms with van der Waals surface area (Å²) < 4.78 is 15.4. The molecule has 0 saturated carbocycles. The number of thiophene rings is 1. The van der Waals surface area contributed by atoms with Crippen LogP contribution in [0.25, 0.3) is 0 Å². The number of nitrogens with one attached hydrogen (secondary N) is 2. The van der Waals surface area contributed by atoms with Crippen molar-refractivity contribution in [3.05, 3.63) is 63.9 Å². The van der Waals surface area contributed by atoms with Gasteiger partial charge in [-0.1, -0.05) is 6.07 Å². The lowest BCUT2D eigenvalue weighted by molar-refractivity contribution is -1.02. The van der Waals surface area contributed by atoms with E-state index in [0.29, 0.717) is 6.54 Å². The fourth-order valence-electron chi connectivity index (χ4n) is 3.87. The molecule has 3 aromatic rings. The van der Waals surface area contributed by atoms with Crippen LogP contribution in [-0.2, 0) is 6.54 Å². The summed E-state index contributed by atoms with van der Waals surface area (Å²) in [6.45, 7) is 8.43. The first kappa shape index (κ1) is 18.2. The van der Waals surface area contributed by atoms with Crippen LogP contribution < -0.4 is 9.80 Å². The third-order valence-electron chi connectivity index (χ3n) is 5.41. The zero-order valence-corrected chi connectivity index (χ0v) is 16.3. The summed E-state index contributed by atoms with van der Waals surface area (Å²) in [4.78, 5) is 4.30. The van der Waals surface area contributed by atoms with Gasteiger partial charge in [-0.05, 0) is 53.1 Å². The van der Waals surface area contributed by atoms with Gasteiger partial charge in [-0.15, -0.1) is 16.4 Å². The third kappa shape index (κ3) is 4.07. The van der Waals surface area contributed by atoms with E-state index < -0.39 is 0 Å². The van der Waals surface area contributed by atoms with Crippen molar-refractivity contribution in [3.63, 3.8) is 0 Å². The quantitative estimate of drug-likeness (QED) is 0.616. The van der Waals surface area contributed by atoms with Crippen LogP contribution in [0.2, 0.25) is 0 Å². The summed E-state index contributed by atoms with van der Waals surface area (Å²) in [7, 11) is 0. The Morgan fingerprint density at radius 1 is 1.15 bits per heavy atom. The first-order chi connectivity index (χ1) is 13.2. The van der Waals surface area contributed by atoms with Crippen molar-refractivity contribution in [1.82, 2.24) is 20.2 Å². The second-order valence-corrected chi connectivity index (χ2v) is 8.05. The van der Waals surface area contributed by atoms with E-state index in [1.165, 1.54) is 21.9 Å². The molecule has 1 saturated heterocycles. The Morgan fingerprint density at radius 3 is 2.59 bits per heavy atom. The Labute approximate surface area is 162 Å². The smallest absolute Gasteiger partial charge is 0.214 e. The van der Waals surface area contributed by atoms with Gasteiger partial charge in [0.05, 0.1) is 13.1 Å². The zero-order chi connectivity index (χ0) is 18.6. The molecular formula is C19H25FN6S+2. The number of hydrogen-bond acceptors (Lipinski definition) is 4. The van der Waals surface area contributed by atoms with Gasteiger partial charge < -0.3 is 9.80 Å². The number of hydrogen-bond donors (Lipinski definition) is 2. The maximum atomic E-state index is 13.5. The van der Waals surface area contributed by atoms with E-state index in [1.807, 2.05) is 22.9 Å². The van der Waals surface area contributed by atoms with Crippen LogP contribution in [0.5, 0.6) is 0 Å². The Hall–Kier alpha value is -2.16. The molecule has 0 radical (unpaired) electrons. The maximum Gasteiger partial charge on any atom is 0.214 e. The largest absolute Gasteiger partial charge is 0.326 e. The molecule has 0 amide bonds. The van der Waals surface area contributed by atoms with Crippen LogP contribution in [0.1, 0.15) is 29.2 Å². The lowest BCUT2D eigenvalue weighted by Gasteiger charge is -2.33. The normalized spacial score (nSPS) is 21.3. The van der Waals surface area contributed by atoms with Crippen LogP contribution in [-0.4, -0.2) is 52.9 Å². The SMILES string of the molecule is CC[NH+]1CC[NH+]([C@@H](c2ccc(F)cc2)c2nnnn2Cc2cccs2)CC1.